The summed E-state index contributed by atoms with van der Waals surface area (Å²) in [5.74, 6) is 6.40. The van der Waals surface area contributed by atoms with Crippen LogP contribution in [0.15, 0.2) is 46.3 Å². The lowest BCUT2D eigenvalue weighted by Gasteiger charge is -2.16. The predicted octanol–water partition coefficient (Wildman–Crippen LogP) is 3.09. The molecule has 1 heterocycles. The summed E-state index contributed by atoms with van der Waals surface area (Å²) in [7, 11) is 0. The summed E-state index contributed by atoms with van der Waals surface area (Å²) in [6.45, 7) is 0.500. The zero-order valence-corrected chi connectivity index (χ0v) is 11.5. The van der Waals surface area contributed by atoms with Crippen molar-refractivity contribution < 1.29 is 4.74 Å². The van der Waals surface area contributed by atoms with Gasteiger partial charge in [0.1, 0.15) is 12.4 Å². The molecule has 1 unspecified atom stereocenters. The van der Waals surface area contributed by atoms with E-state index in [1.807, 2.05) is 41.8 Å². The van der Waals surface area contributed by atoms with Crippen LogP contribution >= 0.6 is 27.3 Å². The first-order valence-electron chi connectivity index (χ1n) is 5.18. The lowest BCUT2D eigenvalue weighted by atomic mass is 10.2. The fourth-order valence-electron chi connectivity index (χ4n) is 1.45. The maximum absolute atomic E-state index is 5.68. The molecule has 0 aliphatic heterocycles. The number of nitrogens with two attached hydrogens (primary N) is 1. The van der Waals surface area contributed by atoms with Crippen LogP contribution in [0.1, 0.15) is 10.9 Å². The molecule has 0 radical (unpaired) electrons. The van der Waals surface area contributed by atoms with Crippen molar-refractivity contribution in [3.05, 3.63) is 51.1 Å². The second kappa shape index (κ2) is 6.16. The van der Waals surface area contributed by atoms with Gasteiger partial charge in [0.05, 0.1) is 6.04 Å². The van der Waals surface area contributed by atoms with Crippen molar-refractivity contribution in [1.82, 2.24) is 5.43 Å². The first-order chi connectivity index (χ1) is 8.31. The van der Waals surface area contributed by atoms with Crippen molar-refractivity contribution in [2.75, 3.05) is 6.61 Å². The quantitative estimate of drug-likeness (QED) is 0.659. The average Bonchev–Trinajstić information content (AvgIpc) is 2.78. The van der Waals surface area contributed by atoms with E-state index in [0.29, 0.717) is 6.61 Å². The molecule has 2 rings (SSSR count). The zero-order valence-electron chi connectivity index (χ0n) is 9.10. The SMILES string of the molecule is NNC(COc1ccccc1)c1sccc1Br. The van der Waals surface area contributed by atoms with Gasteiger partial charge in [0, 0.05) is 9.35 Å². The standard InChI is InChI=1S/C12H13BrN2OS/c13-10-6-7-17-12(10)11(15-14)8-16-9-4-2-1-3-5-9/h1-7,11,15H,8,14H2. The van der Waals surface area contributed by atoms with Gasteiger partial charge < -0.3 is 4.74 Å². The molecule has 0 amide bonds. The summed E-state index contributed by atoms with van der Waals surface area (Å²) in [5.41, 5.74) is 2.77. The number of hydrogen-bond donors (Lipinski definition) is 2. The van der Waals surface area contributed by atoms with E-state index in [-0.39, 0.29) is 6.04 Å². The third-order valence-corrected chi connectivity index (χ3v) is 4.31. The number of hydrazine groups is 1. The summed E-state index contributed by atoms with van der Waals surface area (Å²) in [6, 6.07) is 11.7. The van der Waals surface area contributed by atoms with Crippen molar-refractivity contribution in [3.63, 3.8) is 0 Å². The van der Waals surface area contributed by atoms with Crippen LogP contribution in [0.25, 0.3) is 0 Å². The molecule has 3 nitrogen and oxygen atoms in total. The van der Waals surface area contributed by atoms with Crippen molar-refractivity contribution in [3.8, 4) is 5.75 Å². The Hall–Kier alpha value is -0.880. The Balaban J connectivity index is 2.00. The second-order valence-electron chi connectivity index (χ2n) is 3.48. The highest BCUT2D eigenvalue weighted by molar-refractivity contribution is 9.10. The second-order valence-corrected chi connectivity index (χ2v) is 5.28. The Kier molecular flexibility index (Phi) is 4.56. The molecule has 1 aromatic heterocycles. The van der Waals surface area contributed by atoms with Gasteiger partial charge in [-0.3, -0.25) is 5.84 Å². The lowest BCUT2D eigenvalue weighted by molar-refractivity contribution is 0.269. The fraction of sp³-hybridized carbons (Fsp3) is 0.167. The Morgan fingerprint density at radius 2 is 2.06 bits per heavy atom. The van der Waals surface area contributed by atoms with Gasteiger partial charge in [0.2, 0.25) is 0 Å². The van der Waals surface area contributed by atoms with E-state index < -0.39 is 0 Å². The molecular weight excluding hydrogens is 300 g/mol. The van der Waals surface area contributed by atoms with E-state index in [0.717, 1.165) is 15.1 Å². The number of thiophene rings is 1. The van der Waals surface area contributed by atoms with Gasteiger partial charge in [-0.25, -0.2) is 5.43 Å². The summed E-state index contributed by atoms with van der Waals surface area (Å²) in [6.07, 6.45) is 0. The highest BCUT2D eigenvalue weighted by Crippen LogP contribution is 2.29. The van der Waals surface area contributed by atoms with Crippen LogP contribution in [0.2, 0.25) is 0 Å². The molecule has 0 saturated carbocycles. The highest BCUT2D eigenvalue weighted by atomic mass is 79.9. The van der Waals surface area contributed by atoms with Gasteiger partial charge in [-0.15, -0.1) is 11.3 Å². The Morgan fingerprint density at radius 3 is 2.65 bits per heavy atom. The molecule has 0 bridgehead atoms. The number of halogens is 1. The number of rotatable bonds is 5. The molecule has 17 heavy (non-hydrogen) atoms. The van der Waals surface area contributed by atoms with Crippen LogP contribution in [0.4, 0.5) is 0 Å². The van der Waals surface area contributed by atoms with Gasteiger partial charge in [0.25, 0.3) is 0 Å². The molecule has 3 N–H and O–H groups in total. The van der Waals surface area contributed by atoms with Gasteiger partial charge in [-0.2, -0.15) is 0 Å². The van der Waals surface area contributed by atoms with Crippen molar-refractivity contribution >= 4 is 27.3 Å². The van der Waals surface area contributed by atoms with E-state index >= 15 is 0 Å². The van der Waals surface area contributed by atoms with Gasteiger partial charge in [-0.1, -0.05) is 18.2 Å². The smallest absolute Gasteiger partial charge is 0.119 e. The molecule has 0 aliphatic rings. The van der Waals surface area contributed by atoms with Gasteiger partial charge in [-0.05, 0) is 39.5 Å². The minimum Gasteiger partial charge on any atom is -0.492 e. The summed E-state index contributed by atoms with van der Waals surface area (Å²) < 4.78 is 6.74. The molecule has 0 aliphatic carbocycles. The van der Waals surface area contributed by atoms with Crippen LogP contribution in [-0.4, -0.2) is 6.61 Å². The number of benzene rings is 1. The number of hydrogen-bond acceptors (Lipinski definition) is 4. The molecule has 90 valence electrons. The minimum absolute atomic E-state index is 0.00965. The third kappa shape index (κ3) is 3.29. The number of ether oxygens (including phenoxy) is 1. The van der Waals surface area contributed by atoms with Gasteiger partial charge >= 0.3 is 0 Å². The summed E-state index contributed by atoms with van der Waals surface area (Å²) in [5, 5.41) is 2.02. The third-order valence-electron chi connectivity index (χ3n) is 2.32. The summed E-state index contributed by atoms with van der Waals surface area (Å²) in [4.78, 5) is 1.14. The monoisotopic (exact) mass is 312 g/mol. The molecule has 2 aromatic rings. The Labute approximate surface area is 113 Å². The fourth-order valence-corrected chi connectivity index (χ4v) is 3.15. The van der Waals surface area contributed by atoms with Crippen molar-refractivity contribution in [1.29, 1.82) is 0 Å². The highest BCUT2D eigenvalue weighted by Gasteiger charge is 2.15. The molecule has 1 atom stereocenters. The molecular formula is C12H13BrN2OS. The normalized spacial score (nSPS) is 12.4. The molecule has 5 heteroatoms. The van der Waals surface area contributed by atoms with E-state index in [2.05, 4.69) is 21.4 Å². The van der Waals surface area contributed by atoms with Crippen molar-refractivity contribution in [2.24, 2.45) is 5.84 Å². The minimum atomic E-state index is -0.00965. The molecule has 0 saturated heterocycles. The molecule has 0 spiro atoms. The van der Waals surface area contributed by atoms with Crippen LogP contribution in [0.3, 0.4) is 0 Å². The maximum Gasteiger partial charge on any atom is 0.119 e. The topological polar surface area (TPSA) is 47.3 Å². The maximum atomic E-state index is 5.68. The van der Waals surface area contributed by atoms with Crippen LogP contribution in [0.5, 0.6) is 5.75 Å². The van der Waals surface area contributed by atoms with Crippen molar-refractivity contribution in [2.45, 2.75) is 6.04 Å². The predicted molar refractivity (Wildman–Crippen MR) is 74.0 cm³/mol. The van der Waals surface area contributed by atoms with E-state index in [1.165, 1.54) is 0 Å². The number of nitrogens with one attached hydrogen (secondary N) is 1. The van der Waals surface area contributed by atoms with E-state index in [4.69, 9.17) is 10.6 Å². The van der Waals surface area contributed by atoms with Crippen LogP contribution in [0, 0.1) is 0 Å². The average molecular weight is 313 g/mol. The number of para-hydroxylation sites is 1. The molecule has 1 aromatic carbocycles. The van der Waals surface area contributed by atoms with Crippen LogP contribution in [-0.2, 0) is 0 Å². The summed E-state index contributed by atoms with van der Waals surface area (Å²) >= 11 is 5.14. The molecule has 0 fully saturated rings. The zero-order chi connectivity index (χ0) is 12.1. The van der Waals surface area contributed by atoms with E-state index in [9.17, 15) is 0 Å². The Morgan fingerprint density at radius 1 is 1.29 bits per heavy atom. The van der Waals surface area contributed by atoms with E-state index in [1.54, 1.807) is 11.3 Å². The lowest BCUT2D eigenvalue weighted by Crippen LogP contribution is -2.31. The van der Waals surface area contributed by atoms with Crippen LogP contribution < -0.4 is 16.0 Å². The first-order valence-corrected chi connectivity index (χ1v) is 6.85. The van der Waals surface area contributed by atoms with Gasteiger partial charge in [0.15, 0.2) is 0 Å². The first kappa shape index (κ1) is 12.6. The largest absolute Gasteiger partial charge is 0.492 e. The Bertz CT molecular complexity index is 461.